The van der Waals surface area contributed by atoms with Crippen molar-refractivity contribution < 1.29 is 4.74 Å². The lowest BCUT2D eigenvalue weighted by Crippen LogP contribution is -2.19. The second-order valence-electron chi connectivity index (χ2n) is 5.68. The van der Waals surface area contributed by atoms with Crippen LogP contribution >= 0.6 is 0 Å². The Labute approximate surface area is 153 Å². The summed E-state index contributed by atoms with van der Waals surface area (Å²) in [6.45, 7) is 8.93. The van der Waals surface area contributed by atoms with Gasteiger partial charge in [-0.2, -0.15) is 0 Å². The normalized spacial score (nSPS) is 11.8. The summed E-state index contributed by atoms with van der Waals surface area (Å²) < 4.78 is 5.43. The van der Waals surface area contributed by atoms with E-state index in [1.54, 1.807) is 20.5 Å². The summed E-state index contributed by atoms with van der Waals surface area (Å²) >= 11 is 0. The molecule has 0 saturated heterocycles. The second kappa shape index (κ2) is 11.4. The molecule has 25 heavy (non-hydrogen) atoms. The summed E-state index contributed by atoms with van der Waals surface area (Å²) in [6, 6.07) is 15.4. The van der Waals surface area contributed by atoms with E-state index in [4.69, 9.17) is 4.74 Å². The molecule has 0 bridgehead atoms. The number of hydrogen-bond acceptors (Lipinski definition) is 2. The molecule has 0 aliphatic carbocycles. The summed E-state index contributed by atoms with van der Waals surface area (Å²) in [5, 5.41) is 3.34. The molecule has 2 aromatic carbocycles. The molecule has 136 valence electrons. The topological polar surface area (TPSA) is 33.6 Å². The molecule has 0 spiro atoms. The van der Waals surface area contributed by atoms with Crippen molar-refractivity contribution in [3.05, 3.63) is 59.2 Å². The molecule has 0 radical (unpaired) electrons. The van der Waals surface area contributed by atoms with E-state index in [0.717, 1.165) is 6.42 Å². The number of aryl methyl sites for hydroxylation is 1. The minimum absolute atomic E-state index is 0.264. The molecule has 3 nitrogen and oxygen atoms in total. The van der Waals surface area contributed by atoms with Gasteiger partial charge in [-0.15, -0.1) is 0 Å². The van der Waals surface area contributed by atoms with Crippen LogP contribution in [-0.2, 0) is 11.3 Å². The molecule has 3 heteroatoms. The average Bonchev–Trinajstić information content (AvgIpc) is 2.65. The zero-order chi connectivity index (χ0) is 18.7. The molecule has 2 aromatic rings. The fraction of sp³-hybridized carbons (Fsp3) is 0.409. The lowest BCUT2D eigenvalue weighted by molar-refractivity contribution is 0.185. The predicted molar refractivity (Wildman–Crippen MR) is 109 cm³/mol. The third kappa shape index (κ3) is 5.71. The maximum Gasteiger partial charge on any atom is 0.0825 e. The van der Waals surface area contributed by atoms with Crippen molar-refractivity contribution in [2.45, 2.75) is 46.8 Å². The van der Waals surface area contributed by atoms with Gasteiger partial charge in [-0.05, 0) is 41.2 Å². The Morgan fingerprint density at radius 2 is 1.84 bits per heavy atom. The molecule has 0 fully saturated rings. The van der Waals surface area contributed by atoms with Crippen molar-refractivity contribution in [2.24, 2.45) is 4.99 Å². The molecule has 1 unspecified atom stereocenters. The van der Waals surface area contributed by atoms with Crippen LogP contribution in [0.25, 0.3) is 11.1 Å². The number of nitrogens with zero attached hydrogens (tertiary/aromatic N) is 1. The van der Waals surface area contributed by atoms with Crippen LogP contribution in [0.2, 0.25) is 0 Å². The number of methoxy groups -OCH3 is 1. The van der Waals surface area contributed by atoms with Gasteiger partial charge in [-0.3, -0.25) is 4.99 Å². The largest absolute Gasteiger partial charge is 0.380 e. The van der Waals surface area contributed by atoms with Crippen LogP contribution in [0.1, 0.15) is 49.9 Å². The molecule has 2 rings (SSSR count). The SMILES string of the molecule is CC.CCC(NC=NC)c1ccc(-c2ccccc2C)c(COC)c1. The lowest BCUT2D eigenvalue weighted by atomic mass is 9.92. The fourth-order valence-corrected chi connectivity index (χ4v) is 2.86. The summed E-state index contributed by atoms with van der Waals surface area (Å²) in [6.07, 6.45) is 2.77. The van der Waals surface area contributed by atoms with Crippen molar-refractivity contribution in [1.82, 2.24) is 5.32 Å². The van der Waals surface area contributed by atoms with Crippen molar-refractivity contribution in [1.29, 1.82) is 0 Å². The molecule has 1 N–H and O–H groups in total. The van der Waals surface area contributed by atoms with Crippen LogP contribution in [0.4, 0.5) is 0 Å². The molecule has 0 saturated carbocycles. The first kappa shape index (κ1) is 20.9. The summed E-state index contributed by atoms with van der Waals surface area (Å²) in [7, 11) is 3.52. The summed E-state index contributed by atoms with van der Waals surface area (Å²) in [5.74, 6) is 0. The van der Waals surface area contributed by atoms with Gasteiger partial charge in [-0.25, -0.2) is 0 Å². The van der Waals surface area contributed by atoms with Gasteiger partial charge in [0.2, 0.25) is 0 Å². The summed E-state index contributed by atoms with van der Waals surface area (Å²) in [5.41, 5.74) is 6.26. The van der Waals surface area contributed by atoms with E-state index in [1.165, 1.54) is 27.8 Å². The smallest absolute Gasteiger partial charge is 0.0825 e. The van der Waals surface area contributed by atoms with E-state index in [1.807, 2.05) is 13.8 Å². The van der Waals surface area contributed by atoms with Gasteiger partial charge in [-0.1, -0.05) is 63.2 Å². The van der Waals surface area contributed by atoms with E-state index in [2.05, 4.69) is 66.6 Å². The maximum absolute atomic E-state index is 5.43. The third-order valence-electron chi connectivity index (χ3n) is 4.08. The van der Waals surface area contributed by atoms with Crippen molar-refractivity contribution in [2.75, 3.05) is 14.2 Å². The number of nitrogens with one attached hydrogen (secondary N) is 1. The van der Waals surface area contributed by atoms with E-state index >= 15 is 0 Å². The van der Waals surface area contributed by atoms with Gasteiger partial charge in [0, 0.05) is 14.2 Å². The Balaban J connectivity index is 0.00000151. The second-order valence-corrected chi connectivity index (χ2v) is 5.68. The van der Waals surface area contributed by atoms with Crippen LogP contribution in [0.5, 0.6) is 0 Å². The highest BCUT2D eigenvalue weighted by atomic mass is 16.5. The Kier molecular flexibility index (Phi) is 9.56. The monoisotopic (exact) mass is 340 g/mol. The number of rotatable bonds is 7. The number of benzene rings is 2. The predicted octanol–water partition coefficient (Wildman–Crippen LogP) is 5.53. The highest BCUT2D eigenvalue weighted by Crippen LogP contribution is 2.30. The van der Waals surface area contributed by atoms with Crippen LogP contribution in [0, 0.1) is 6.92 Å². The van der Waals surface area contributed by atoms with E-state index < -0.39 is 0 Å². The number of ether oxygens (including phenoxy) is 1. The van der Waals surface area contributed by atoms with Crippen LogP contribution in [0.3, 0.4) is 0 Å². The molecule has 0 aliphatic rings. The van der Waals surface area contributed by atoms with Gasteiger partial charge in [0.1, 0.15) is 0 Å². The average molecular weight is 341 g/mol. The van der Waals surface area contributed by atoms with E-state index in [0.29, 0.717) is 6.61 Å². The van der Waals surface area contributed by atoms with Gasteiger partial charge >= 0.3 is 0 Å². The van der Waals surface area contributed by atoms with Gasteiger partial charge in [0.25, 0.3) is 0 Å². The molecule has 0 heterocycles. The van der Waals surface area contributed by atoms with Crippen molar-refractivity contribution in [3.63, 3.8) is 0 Å². The van der Waals surface area contributed by atoms with Crippen LogP contribution < -0.4 is 5.32 Å². The van der Waals surface area contributed by atoms with Crippen molar-refractivity contribution >= 4 is 6.34 Å². The third-order valence-corrected chi connectivity index (χ3v) is 4.08. The quantitative estimate of drug-likeness (QED) is 0.531. The highest BCUT2D eigenvalue weighted by molar-refractivity contribution is 5.71. The number of hydrogen-bond donors (Lipinski definition) is 1. The first-order valence-electron chi connectivity index (χ1n) is 9.05. The molecular weight excluding hydrogens is 308 g/mol. The zero-order valence-electron chi connectivity index (χ0n) is 16.5. The summed E-state index contributed by atoms with van der Waals surface area (Å²) in [4.78, 5) is 4.02. The Morgan fingerprint density at radius 3 is 2.44 bits per heavy atom. The Morgan fingerprint density at radius 1 is 1.12 bits per heavy atom. The molecule has 0 aliphatic heterocycles. The minimum atomic E-state index is 0.264. The minimum Gasteiger partial charge on any atom is -0.380 e. The first-order valence-corrected chi connectivity index (χ1v) is 9.05. The molecule has 0 amide bonds. The van der Waals surface area contributed by atoms with Gasteiger partial charge < -0.3 is 10.1 Å². The first-order chi connectivity index (χ1) is 12.2. The van der Waals surface area contributed by atoms with E-state index in [9.17, 15) is 0 Å². The molecule has 1 atom stereocenters. The van der Waals surface area contributed by atoms with Crippen LogP contribution in [0.15, 0.2) is 47.5 Å². The number of aliphatic imine (C=N–C) groups is 1. The Bertz CT molecular complexity index is 665. The van der Waals surface area contributed by atoms with E-state index in [-0.39, 0.29) is 6.04 Å². The van der Waals surface area contributed by atoms with Crippen molar-refractivity contribution in [3.8, 4) is 11.1 Å². The van der Waals surface area contributed by atoms with Gasteiger partial charge in [0.05, 0.1) is 19.0 Å². The highest BCUT2D eigenvalue weighted by Gasteiger charge is 2.13. The zero-order valence-corrected chi connectivity index (χ0v) is 16.5. The lowest BCUT2D eigenvalue weighted by Gasteiger charge is -2.19. The maximum atomic E-state index is 5.43. The van der Waals surface area contributed by atoms with Gasteiger partial charge in [0.15, 0.2) is 0 Å². The standard InChI is InChI=1S/C20H26N2O.C2H6/c1-5-20(22-14-21-3)16-10-11-19(17(12-16)13-23-4)18-9-7-6-8-15(18)2;1-2/h6-12,14,20H,5,13H2,1-4H3,(H,21,22);1-2H3. The fourth-order valence-electron chi connectivity index (χ4n) is 2.86. The van der Waals surface area contributed by atoms with Crippen LogP contribution in [-0.4, -0.2) is 20.5 Å². The Hall–Kier alpha value is -2.13. The molecular formula is C22H32N2O. The molecule has 0 aromatic heterocycles.